The van der Waals surface area contributed by atoms with Crippen LogP contribution < -0.4 is 9.64 Å². The Kier molecular flexibility index (Phi) is 9.82. The number of alkyl halides is 1. The van der Waals surface area contributed by atoms with E-state index in [1.54, 1.807) is 6.07 Å². The first-order chi connectivity index (χ1) is 26.2. The third-order valence-corrected chi connectivity index (χ3v) is 19.7. The number of pyridine rings is 1. The number of piperidine rings is 1. The second kappa shape index (κ2) is 14.2. The van der Waals surface area contributed by atoms with Crippen LogP contribution in [-0.2, 0) is 0 Å². The van der Waals surface area contributed by atoms with Gasteiger partial charge in [-0.15, -0.1) is 5.54 Å². The summed E-state index contributed by atoms with van der Waals surface area (Å²) in [5.41, 5.74) is 4.32. The quantitative estimate of drug-likeness (QED) is 0.136. The number of phenols is 1. The molecule has 3 saturated heterocycles. The molecule has 1 aliphatic carbocycles. The van der Waals surface area contributed by atoms with Crippen molar-refractivity contribution in [1.29, 1.82) is 0 Å². The fourth-order valence-corrected chi connectivity index (χ4v) is 16.1. The maximum Gasteiger partial charge on any atom is 0.319 e. The van der Waals surface area contributed by atoms with Gasteiger partial charge >= 0.3 is 6.01 Å². The van der Waals surface area contributed by atoms with Crippen LogP contribution >= 0.6 is 0 Å². The smallest absolute Gasteiger partial charge is 0.319 e. The first-order valence-corrected chi connectivity index (χ1v) is 22.2. The zero-order valence-electron chi connectivity index (χ0n) is 32.7. The van der Waals surface area contributed by atoms with Crippen LogP contribution in [0.1, 0.15) is 79.2 Å². The Hall–Kier alpha value is -3.92. The number of rotatable bonds is 8. The van der Waals surface area contributed by atoms with Crippen LogP contribution in [-0.4, -0.2) is 88.7 Å². The lowest BCUT2D eigenvalue weighted by Crippen LogP contribution is -2.43. The van der Waals surface area contributed by atoms with Crippen LogP contribution in [0.3, 0.4) is 0 Å². The molecule has 2 bridgehead atoms. The maximum atomic E-state index is 17.4. The summed E-state index contributed by atoms with van der Waals surface area (Å²) in [4.78, 5) is 18.4. The Morgan fingerprint density at radius 1 is 1.02 bits per heavy atom. The van der Waals surface area contributed by atoms with Gasteiger partial charge in [0.25, 0.3) is 0 Å². The molecular formula is C43H52F3N5O3Si. The van der Waals surface area contributed by atoms with E-state index in [4.69, 9.17) is 9.72 Å². The van der Waals surface area contributed by atoms with Crippen LogP contribution in [0, 0.1) is 34.9 Å². The summed E-state index contributed by atoms with van der Waals surface area (Å²) in [6, 6.07) is 5.83. The number of halogens is 3. The van der Waals surface area contributed by atoms with Gasteiger partial charge in [0.15, 0.2) is 5.82 Å². The first kappa shape index (κ1) is 38.0. The average Bonchev–Trinajstić information content (AvgIpc) is 3.75. The van der Waals surface area contributed by atoms with E-state index in [1.165, 1.54) is 24.4 Å². The van der Waals surface area contributed by atoms with E-state index in [1.807, 2.05) is 0 Å². The van der Waals surface area contributed by atoms with Crippen LogP contribution in [0.5, 0.6) is 11.8 Å². The van der Waals surface area contributed by atoms with E-state index in [9.17, 15) is 14.6 Å². The Morgan fingerprint density at radius 2 is 1.78 bits per heavy atom. The number of ether oxygens (including phenoxy) is 1. The number of nitrogens with zero attached hydrogens (tertiary/aromatic N) is 5. The van der Waals surface area contributed by atoms with Crippen molar-refractivity contribution in [2.75, 3.05) is 37.7 Å². The predicted octanol–water partition coefficient (Wildman–Crippen LogP) is 8.56. The van der Waals surface area contributed by atoms with Gasteiger partial charge in [-0.05, 0) is 78.4 Å². The molecule has 5 atom stereocenters. The van der Waals surface area contributed by atoms with Gasteiger partial charge in [0, 0.05) is 49.1 Å². The second-order valence-corrected chi connectivity index (χ2v) is 23.2. The average molecular weight is 772 g/mol. The van der Waals surface area contributed by atoms with Gasteiger partial charge in [-0.2, -0.15) is 9.97 Å². The zero-order valence-corrected chi connectivity index (χ0v) is 33.7. The Bertz CT molecular complexity index is 2180. The monoisotopic (exact) mass is 771 g/mol. The number of aromatic nitrogens is 3. The molecule has 1 saturated carbocycles. The molecule has 55 heavy (non-hydrogen) atoms. The van der Waals surface area contributed by atoms with Crippen LogP contribution in [0.25, 0.3) is 32.9 Å². The molecule has 292 valence electrons. The van der Waals surface area contributed by atoms with Gasteiger partial charge in [0.1, 0.15) is 49.4 Å². The van der Waals surface area contributed by atoms with E-state index >= 15 is 8.78 Å². The van der Waals surface area contributed by atoms with Crippen molar-refractivity contribution >= 4 is 35.6 Å². The number of aliphatic hydroxyl groups excluding tert-OH is 1. The second-order valence-electron chi connectivity index (χ2n) is 17.6. The highest BCUT2D eigenvalue weighted by Gasteiger charge is 2.49. The van der Waals surface area contributed by atoms with Gasteiger partial charge in [0.05, 0.1) is 22.6 Å². The summed E-state index contributed by atoms with van der Waals surface area (Å²) < 4.78 is 54.4. The van der Waals surface area contributed by atoms with E-state index in [2.05, 4.69) is 72.8 Å². The lowest BCUT2D eigenvalue weighted by atomic mass is 9.95. The number of hydrogen-bond acceptors (Lipinski definition) is 8. The molecule has 8 rings (SSSR count). The molecule has 12 heteroatoms. The van der Waals surface area contributed by atoms with Crippen molar-refractivity contribution in [2.24, 2.45) is 11.8 Å². The fourth-order valence-electron chi connectivity index (χ4n) is 10.9. The van der Waals surface area contributed by atoms with Gasteiger partial charge in [-0.3, -0.25) is 9.88 Å². The zero-order chi connectivity index (χ0) is 39.0. The van der Waals surface area contributed by atoms with Gasteiger partial charge in [0.2, 0.25) is 0 Å². The summed E-state index contributed by atoms with van der Waals surface area (Å²) in [5, 5.41) is 22.9. The number of phenolic OH excluding ortho intramolecular Hbond substituents is 1. The molecule has 0 amide bonds. The number of aliphatic hydroxyl groups is 1. The third-order valence-electron chi connectivity index (χ3n) is 13.4. The summed E-state index contributed by atoms with van der Waals surface area (Å²) >= 11 is 0. The molecule has 0 unspecified atom stereocenters. The highest BCUT2D eigenvalue weighted by Crippen LogP contribution is 2.45. The van der Waals surface area contributed by atoms with Crippen LogP contribution in [0.4, 0.5) is 19.0 Å². The number of benzene rings is 2. The van der Waals surface area contributed by atoms with E-state index in [0.717, 1.165) is 25.8 Å². The van der Waals surface area contributed by atoms with Gasteiger partial charge < -0.3 is 19.8 Å². The third kappa shape index (κ3) is 6.44. The summed E-state index contributed by atoms with van der Waals surface area (Å²) in [5.74, 6) is 2.65. The number of hydrogen-bond donors (Lipinski definition) is 2. The molecule has 8 nitrogen and oxygen atoms in total. The lowest BCUT2D eigenvalue weighted by Gasteiger charge is -2.38. The number of anilines is 1. The molecule has 2 N–H and O–H groups in total. The lowest BCUT2D eigenvalue weighted by molar-refractivity contribution is 0.107. The molecule has 4 aliphatic rings. The molecule has 0 radical (unpaired) electrons. The Balaban J connectivity index is 1.29. The van der Waals surface area contributed by atoms with Crippen LogP contribution in [0.15, 0.2) is 30.5 Å². The van der Waals surface area contributed by atoms with Crippen molar-refractivity contribution < 1.29 is 28.1 Å². The normalized spacial score (nSPS) is 25.4. The Morgan fingerprint density at radius 3 is 2.51 bits per heavy atom. The first-order valence-electron chi connectivity index (χ1n) is 20.0. The molecule has 4 fully saturated rings. The predicted molar refractivity (Wildman–Crippen MR) is 213 cm³/mol. The van der Waals surface area contributed by atoms with Crippen LogP contribution in [0.2, 0.25) is 16.6 Å². The largest absolute Gasteiger partial charge is 0.508 e. The van der Waals surface area contributed by atoms with Crippen molar-refractivity contribution in [3.8, 4) is 34.5 Å². The fraction of sp³-hybridized carbons (Fsp3) is 0.558. The van der Waals surface area contributed by atoms with Gasteiger partial charge in [-0.1, -0.05) is 53.5 Å². The van der Waals surface area contributed by atoms with Gasteiger partial charge in [-0.25, -0.2) is 13.2 Å². The molecular weight excluding hydrogens is 720 g/mol. The minimum Gasteiger partial charge on any atom is -0.508 e. The highest BCUT2D eigenvalue weighted by molar-refractivity contribution is 6.90. The molecule has 4 aromatic rings. The number of aromatic hydroxyl groups is 1. The Labute approximate surface area is 322 Å². The minimum atomic E-state index is -2.29. The summed E-state index contributed by atoms with van der Waals surface area (Å²) in [6.07, 6.45) is 3.93. The van der Waals surface area contributed by atoms with Crippen molar-refractivity contribution in [3.05, 3.63) is 47.7 Å². The molecule has 3 aliphatic heterocycles. The topological polar surface area (TPSA) is 94.8 Å². The van der Waals surface area contributed by atoms with E-state index in [0.29, 0.717) is 71.1 Å². The molecule has 0 spiro atoms. The summed E-state index contributed by atoms with van der Waals surface area (Å²) in [7, 11) is -2.29. The molecule has 5 heterocycles. The standard InChI is InChI=1S/C43H52F3N5O3Si/c1-24(2)55(25(3)4,26(5)6)13-10-32-35(45)9-8-28-16-31(52)17-33(37(28)32)39-38(46)40-34(19-47-39)41(50-20-27-14-29(21-50)36(53)15-27)49-42(48-40)54-23-43-11-7-12-51(43)22-30(44)18-43/h8-9,16-17,19,24-27,29-30,36,52-53H,7,11-12,14-15,18,20-23H2,1-6H3/t27-,29-,30-,36-,43+/m1/s1. The summed E-state index contributed by atoms with van der Waals surface area (Å²) in [6.45, 7) is 15.7. The minimum absolute atomic E-state index is 0.0173. The van der Waals surface area contributed by atoms with E-state index in [-0.39, 0.29) is 52.5 Å². The SMILES string of the molecule is CC(C)[Si](C#Cc1c(F)ccc2cc(O)cc(-c3ncc4c(N5C[C@@H]6C[C@H](C5)[C@H](O)C6)nc(OC[C@@]56CCCN5C[C@H](F)C6)nc4c3F)c12)(C(C)C)C(C)C. The molecule has 2 aromatic carbocycles. The maximum absolute atomic E-state index is 17.4. The van der Waals surface area contributed by atoms with E-state index < -0.39 is 37.5 Å². The highest BCUT2D eigenvalue weighted by atomic mass is 28.3. The van der Waals surface area contributed by atoms with Crippen molar-refractivity contribution in [3.63, 3.8) is 0 Å². The van der Waals surface area contributed by atoms with Crippen molar-refractivity contribution in [2.45, 2.75) is 108 Å². The molecule has 2 aromatic heterocycles. The van der Waals surface area contributed by atoms with Crippen molar-refractivity contribution in [1.82, 2.24) is 19.9 Å². The number of fused-ring (bicyclic) bond motifs is 5.